The van der Waals surface area contributed by atoms with Crippen molar-refractivity contribution in [2.24, 2.45) is 0 Å². The number of carbonyl (C=O) groups excluding carboxylic acids is 1. The highest BCUT2D eigenvalue weighted by Gasteiger charge is 2.05. The van der Waals surface area contributed by atoms with Crippen LogP contribution < -0.4 is 10.1 Å². The van der Waals surface area contributed by atoms with E-state index in [9.17, 15) is 4.79 Å². The Morgan fingerprint density at radius 2 is 1.91 bits per heavy atom. The summed E-state index contributed by atoms with van der Waals surface area (Å²) in [6.45, 7) is 3.08. The highest BCUT2D eigenvalue weighted by molar-refractivity contribution is 7.97. The van der Waals surface area contributed by atoms with Crippen molar-refractivity contribution in [2.45, 2.75) is 19.2 Å². The Kier molecular flexibility index (Phi) is 6.34. The maximum absolute atomic E-state index is 12.2. The minimum Gasteiger partial charge on any atom is -0.494 e. The molecule has 3 nitrogen and oxygen atoms in total. The smallest absolute Gasteiger partial charge is 0.251 e. The fourth-order valence-electron chi connectivity index (χ4n) is 2.12. The zero-order chi connectivity index (χ0) is 15.8. The van der Waals surface area contributed by atoms with Crippen LogP contribution in [0.2, 0.25) is 0 Å². The van der Waals surface area contributed by atoms with E-state index >= 15 is 0 Å². The SMILES string of the molecule is CCOc1cccc(CNC(=O)c2ccc(CSC)cc2)c1. The second kappa shape index (κ2) is 8.49. The van der Waals surface area contributed by atoms with Gasteiger partial charge in [-0.15, -0.1) is 0 Å². The summed E-state index contributed by atoms with van der Waals surface area (Å²) in [7, 11) is 0. The zero-order valence-corrected chi connectivity index (χ0v) is 13.8. The Morgan fingerprint density at radius 3 is 2.59 bits per heavy atom. The average molecular weight is 315 g/mol. The van der Waals surface area contributed by atoms with Gasteiger partial charge in [-0.1, -0.05) is 24.3 Å². The molecule has 0 radical (unpaired) electrons. The van der Waals surface area contributed by atoms with Crippen LogP contribution in [0.15, 0.2) is 48.5 Å². The predicted molar refractivity (Wildman–Crippen MR) is 92.4 cm³/mol. The first kappa shape index (κ1) is 16.4. The molecule has 2 aromatic carbocycles. The molecular formula is C18H21NO2S. The number of amides is 1. The summed E-state index contributed by atoms with van der Waals surface area (Å²) in [5.41, 5.74) is 2.94. The number of nitrogens with one attached hydrogen (secondary N) is 1. The van der Waals surface area contributed by atoms with E-state index in [0.29, 0.717) is 18.7 Å². The molecule has 0 saturated carbocycles. The Hall–Kier alpha value is -1.94. The van der Waals surface area contributed by atoms with Crippen LogP contribution in [0.3, 0.4) is 0 Å². The highest BCUT2D eigenvalue weighted by Crippen LogP contribution is 2.14. The third-order valence-corrected chi connectivity index (χ3v) is 3.81. The van der Waals surface area contributed by atoms with Crippen molar-refractivity contribution in [3.8, 4) is 5.75 Å². The van der Waals surface area contributed by atoms with Crippen LogP contribution in [-0.4, -0.2) is 18.8 Å². The maximum Gasteiger partial charge on any atom is 0.251 e. The predicted octanol–water partition coefficient (Wildman–Crippen LogP) is 3.88. The molecule has 4 heteroatoms. The fourth-order valence-corrected chi connectivity index (χ4v) is 2.64. The molecular weight excluding hydrogens is 294 g/mol. The van der Waals surface area contributed by atoms with Crippen molar-refractivity contribution in [1.82, 2.24) is 5.32 Å². The van der Waals surface area contributed by atoms with Crippen LogP contribution in [0.4, 0.5) is 0 Å². The summed E-state index contributed by atoms with van der Waals surface area (Å²) in [4.78, 5) is 12.2. The molecule has 22 heavy (non-hydrogen) atoms. The molecule has 1 amide bonds. The molecule has 0 saturated heterocycles. The normalized spacial score (nSPS) is 10.3. The van der Waals surface area contributed by atoms with Crippen LogP contribution >= 0.6 is 11.8 Å². The number of ether oxygens (including phenoxy) is 1. The van der Waals surface area contributed by atoms with E-state index < -0.39 is 0 Å². The number of benzene rings is 2. The molecule has 116 valence electrons. The number of hydrogen-bond donors (Lipinski definition) is 1. The van der Waals surface area contributed by atoms with Gasteiger partial charge in [-0.05, 0) is 48.6 Å². The number of hydrogen-bond acceptors (Lipinski definition) is 3. The first-order valence-corrected chi connectivity index (χ1v) is 8.70. The molecule has 0 aliphatic heterocycles. The minimum atomic E-state index is -0.0579. The van der Waals surface area contributed by atoms with E-state index in [2.05, 4.69) is 11.6 Å². The molecule has 0 unspecified atom stereocenters. The van der Waals surface area contributed by atoms with Gasteiger partial charge in [0.2, 0.25) is 0 Å². The molecule has 0 heterocycles. The summed E-state index contributed by atoms with van der Waals surface area (Å²) < 4.78 is 5.46. The van der Waals surface area contributed by atoms with Crippen molar-refractivity contribution in [3.63, 3.8) is 0 Å². The zero-order valence-electron chi connectivity index (χ0n) is 13.0. The van der Waals surface area contributed by atoms with Gasteiger partial charge in [0.15, 0.2) is 0 Å². The minimum absolute atomic E-state index is 0.0579. The highest BCUT2D eigenvalue weighted by atomic mass is 32.2. The van der Waals surface area contributed by atoms with E-state index in [-0.39, 0.29) is 5.91 Å². The molecule has 0 aliphatic carbocycles. The summed E-state index contributed by atoms with van der Waals surface area (Å²) >= 11 is 1.77. The summed E-state index contributed by atoms with van der Waals surface area (Å²) in [5, 5.41) is 2.94. The van der Waals surface area contributed by atoms with Gasteiger partial charge in [-0.3, -0.25) is 4.79 Å². The molecule has 2 rings (SSSR count). The molecule has 1 N–H and O–H groups in total. The summed E-state index contributed by atoms with van der Waals surface area (Å²) in [5.74, 6) is 1.74. The van der Waals surface area contributed by atoms with Gasteiger partial charge in [0, 0.05) is 17.9 Å². The van der Waals surface area contributed by atoms with Crippen LogP contribution in [-0.2, 0) is 12.3 Å². The van der Waals surface area contributed by atoms with Crippen molar-refractivity contribution < 1.29 is 9.53 Å². The van der Waals surface area contributed by atoms with Gasteiger partial charge >= 0.3 is 0 Å². The lowest BCUT2D eigenvalue weighted by Gasteiger charge is -2.08. The third kappa shape index (κ3) is 4.81. The second-order valence-corrected chi connectivity index (χ2v) is 5.76. The lowest BCUT2D eigenvalue weighted by molar-refractivity contribution is 0.0951. The lowest BCUT2D eigenvalue weighted by atomic mass is 10.1. The van der Waals surface area contributed by atoms with E-state index in [0.717, 1.165) is 17.1 Å². The van der Waals surface area contributed by atoms with E-state index in [1.807, 2.05) is 55.5 Å². The third-order valence-electron chi connectivity index (χ3n) is 3.19. The molecule has 0 fully saturated rings. The van der Waals surface area contributed by atoms with E-state index in [4.69, 9.17) is 4.74 Å². The van der Waals surface area contributed by atoms with Gasteiger partial charge in [0.05, 0.1) is 6.61 Å². The molecule has 0 aromatic heterocycles. The van der Waals surface area contributed by atoms with Gasteiger partial charge < -0.3 is 10.1 Å². The average Bonchev–Trinajstić information content (AvgIpc) is 2.54. The van der Waals surface area contributed by atoms with Crippen molar-refractivity contribution in [2.75, 3.05) is 12.9 Å². The molecule has 0 spiro atoms. The topological polar surface area (TPSA) is 38.3 Å². The summed E-state index contributed by atoms with van der Waals surface area (Å²) in [6.07, 6.45) is 2.07. The Morgan fingerprint density at radius 1 is 1.14 bits per heavy atom. The standard InChI is InChI=1S/C18H21NO2S/c1-3-21-17-6-4-5-15(11-17)12-19-18(20)16-9-7-14(8-10-16)13-22-2/h4-11H,3,12-13H2,1-2H3,(H,19,20). The van der Waals surface area contributed by atoms with Gasteiger partial charge in [0.1, 0.15) is 5.75 Å². The number of thioether (sulfide) groups is 1. The molecule has 2 aromatic rings. The molecule has 0 bridgehead atoms. The largest absolute Gasteiger partial charge is 0.494 e. The Labute approximate surface area is 136 Å². The van der Waals surface area contributed by atoms with Gasteiger partial charge in [0.25, 0.3) is 5.91 Å². The van der Waals surface area contributed by atoms with Gasteiger partial charge in [-0.2, -0.15) is 11.8 Å². The Bertz CT molecular complexity index is 611. The first-order chi connectivity index (χ1) is 10.7. The van der Waals surface area contributed by atoms with E-state index in [1.165, 1.54) is 5.56 Å². The van der Waals surface area contributed by atoms with E-state index in [1.54, 1.807) is 11.8 Å². The molecule has 0 atom stereocenters. The van der Waals surface area contributed by atoms with Crippen molar-refractivity contribution in [1.29, 1.82) is 0 Å². The van der Waals surface area contributed by atoms with Crippen LogP contribution in [0.25, 0.3) is 0 Å². The fraction of sp³-hybridized carbons (Fsp3) is 0.278. The van der Waals surface area contributed by atoms with Crippen molar-refractivity contribution in [3.05, 3.63) is 65.2 Å². The number of rotatable bonds is 7. The van der Waals surface area contributed by atoms with Crippen LogP contribution in [0, 0.1) is 0 Å². The molecule has 0 aliphatic rings. The maximum atomic E-state index is 12.2. The number of carbonyl (C=O) groups is 1. The second-order valence-electron chi connectivity index (χ2n) is 4.89. The first-order valence-electron chi connectivity index (χ1n) is 7.30. The van der Waals surface area contributed by atoms with Gasteiger partial charge in [-0.25, -0.2) is 0 Å². The van der Waals surface area contributed by atoms with Crippen molar-refractivity contribution >= 4 is 17.7 Å². The lowest BCUT2D eigenvalue weighted by Crippen LogP contribution is -2.22. The Balaban J connectivity index is 1.93. The quantitative estimate of drug-likeness (QED) is 0.842. The van der Waals surface area contributed by atoms with Crippen LogP contribution in [0.5, 0.6) is 5.75 Å². The van der Waals surface area contributed by atoms with Crippen LogP contribution in [0.1, 0.15) is 28.4 Å². The monoisotopic (exact) mass is 315 g/mol. The summed E-state index contributed by atoms with van der Waals surface area (Å²) in [6, 6.07) is 15.5.